The van der Waals surface area contributed by atoms with E-state index in [0.29, 0.717) is 6.04 Å². The fraction of sp³-hybridized carbons (Fsp3) is 0.562. The van der Waals surface area contributed by atoms with E-state index in [1.54, 1.807) is 14.0 Å². The molecule has 2 atom stereocenters. The molecule has 1 aliphatic heterocycles. The summed E-state index contributed by atoms with van der Waals surface area (Å²) in [6.07, 6.45) is 0. The van der Waals surface area contributed by atoms with Gasteiger partial charge in [0.15, 0.2) is 0 Å². The third-order valence-corrected chi connectivity index (χ3v) is 4.14. The molecular formula is C16H26ClN3O2. The molecule has 1 aliphatic rings. The lowest BCUT2D eigenvalue weighted by atomic mass is 10.1. The van der Waals surface area contributed by atoms with E-state index < -0.39 is 6.04 Å². The van der Waals surface area contributed by atoms with Crippen molar-refractivity contribution in [1.82, 2.24) is 9.80 Å². The van der Waals surface area contributed by atoms with Gasteiger partial charge in [0.2, 0.25) is 5.91 Å². The lowest BCUT2D eigenvalue weighted by molar-refractivity contribution is -0.134. The monoisotopic (exact) mass is 327 g/mol. The van der Waals surface area contributed by atoms with E-state index in [4.69, 9.17) is 10.5 Å². The molecule has 2 unspecified atom stereocenters. The number of nitrogens with two attached hydrogens (primary N) is 1. The van der Waals surface area contributed by atoms with Crippen LogP contribution in [0.25, 0.3) is 0 Å². The molecule has 1 aromatic rings. The molecule has 0 saturated carbocycles. The molecular weight excluding hydrogens is 302 g/mol. The summed E-state index contributed by atoms with van der Waals surface area (Å²) in [6, 6.07) is 8.06. The zero-order chi connectivity index (χ0) is 15.4. The highest BCUT2D eigenvalue weighted by Gasteiger charge is 2.26. The van der Waals surface area contributed by atoms with Crippen molar-refractivity contribution in [2.75, 3.05) is 33.3 Å². The van der Waals surface area contributed by atoms with Crippen molar-refractivity contribution >= 4 is 18.3 Å². The smallest absolute Gasteiger partial charge is 0.239 e. The second-order valence-electron chi connectivity index (χ2n) is 5.60. The molecule has 22 heavy (non-hydrogen) atoms. The average Bonchev–Trinajstić information content (AvgIpc) is 2.53. The fourth-order valence-corrected chi connectivity index (χ4v) is 2.73. The van der Waals surface area contributed by atoms with Crippen LogP contribution in [0.5, 0.6) is 5.75 Å². The van der Waals surface area contributed by atoms with Gasteiger partial charge in [0.25, 0.3) is 0 Å². The number of nitrogens with zero attached hydrogens (tertiary/aromatic N) is 2. The van der Waals surface area contributed by atoms with Crippen LogP contribution in [0.4, 0.5) is 0 Å². The van der Waals surface area contributed by atoms with Crippen molar-refractivity contribution in [3.8, 4) is 5.75 Å². The Morgan fingerprint density at radius 1 is 1.23 bits per heavy atom. The van der Waals surface area contributed by atoms with Crippen molar-refractivity contribution in [2.24, 2.45) is 5.73 Å². The van der Waals surface area contributed by atoms with E-state index in [0.717, 1.165) is 31.9 Å². The van der Waals surface area contributed by atoms with Crippen molar-refractivity contribution in [2.45, 2.75) is 25.9 Å². The summed E-state index contributed by atoms with van der Waals surface area (Å²) in [5.74, 6) is 0.925. The number of benzene rings is 1. The van der Waals surface area contributed by atoms with Crippen LogP contribution in [0.15, 0.2) is 24.3 Å². The zero-order valence-corrected chi connectivity index (χ0v) is 14.3. The molecule has 5 nitrogen and oxygen atoms in total. The van der Waals surface area contributed by atoms with Crippen LogP contribution in [0.1, 0.15) is 25.5 Å². The Balaban J connectivity index is 0.00000242. The first-order chi connectivity index (χ1) is 10.0. The van der Waals surface area contributed by atoms with Gasteiger partial charge in [0.1, 0.15) is 5.75 Å². The van der Waals surface area contributed by atoms with E-state index in [1.165, 1.54) is 5.56 Å². The number of methoxy groups -OCH3 is 1. The fourth-order valence-electron chi connectivity index (χ4n) is 2.73. The molecule has 1 aromatic carbocycles. The molecule has 1 saturated heterocycles. The Labute approximate surface area is 138 Å². The van der Waals surface area contributed by atoms with Crippen molar-refractivity contribution < 1.29 is 9.53 Å². The Morgan fingerprint density at radius 2 is 1.86 bits per heavy atom. The number of hydrogen-bond acceptors (Lipinski definition) is 4. The number of carbonyl (C=O) groups excluding carboxylic acids is 1. The van der Waals surface area contributed by atoms with Gasteiger partial charge in [-0.15, -0.1) is 12.4 Å². The van der Waals surface area contributed by atoms with Crippen molar-refractivity contribution in [3.63, 3.8) is 0 Å². The molecule has 0 bridgehead atoms. The van der Waals surface area contributed by atoms with Gasteiger partial charge in [-0.05, 0) is 31.5 Å². The van der Waals surface area contributed by atoms with Crippen LogP contribution >= 0.6 is 12.4 Å². The quantitative estimate of drug-likeness (QED) is 0.914. The molecule has 1 fully saturated rings. The van der Waals surface area contributed by atoms with Crippen molar-refractivity contribution in [3.05, 3.63) is 29.8 Å². The predicted octanol–water partition coefficient (Wildman–Crippen LogP) is 1.67. The second kappa shape index (κ2) is 8.36. The summed E-state index contributed by atoms with van der Waals surface area (Å²) in [7, 11) is 1.68. The van der Waals surface area contributed by atoms with Gasteiger partial charge >= 0.3 is 0 Å². The molecule has 1 heterocycles. The lowest BCUT2D eigenvalue weighted by Gasteiger charge is -2.38. The van der Waals surface area contributed by atoms with Crippen LogP contribution in [-0.4, -0.2) is 55.0 Å². The molecule has 2 rings (SSSR count). The average molecular weight is 328 g/mol. The van der Waals surface area contributed by atoms with E-state index in [2.05, 4.69) is 24.0 Å². The third kappa shape index (κ3) is 4.35. The van der Waals surface area contributed by atoms with E-state index in [1.807, 2.05) is 17.0 Å². The van der Waals surface area contributed by atoms with Crippen LogP contribution < -0.4 is 10.5 Å². The maximum atomic E-state index is 11.9. The predicted molar refractivity (Wildman–Crippen MR) is 90.5 cm³/mol. The summed E-state index contributed by atoms with van der Waals surface area (Å²) in [4.78, 5) is 16.1. The number of halogens is 1. The molecule has 0 radical (unpaired) electrons. The standard InChI is InChI=1S/C16H25N3O2.ClH/c1-12(17)16(20)19-9-7-18(8-10-19)13(2)14-5-4-6-15(11-14)21-3;/h4-6,11-13H,7-10,17H2,1-3H3;1H. The third-order valence-electron chi connectivity index (χ3n) is 4.14. The molecule has 1 amide bonds. The zero-order valence-electron chi connectivity index (χ0n) is 13.5. The van der Waals surface area contributed by atoms with Crippen LogP contribution in [0.3, 0.4) is 0 Å². The Kier molecular flexibility index (Phi) is 7.13. The minimum atomic E-state index is -0.410. The number of carbonyl (C=O) groups is 1. The molecule has 0 spiro atoms. The number of rotatable bonds is 4. The van der Waals surface area contributed by atoms with Gasteiger partial charge in [-0.1, -0.05) is 12.1 Å². The van der Waals surface area contributed by atoms with Crippen LogP contribution in [-0.2, 0) is 4.79 Å². The lowest BCUT2D eigenvalue weighted by Crippen LogP contribution is -2.52. The van der Waals surface area contributed by atoms with E-state index in [9.17, 15) is 4.79 Å². The highest BCUT2D eigenvalue weighted by atomic mass is 35.5. The van der Waals surface area contributed by atoms with E-state index in [-0.39, 0.29) is 18.3 Å². The minimum Gasteiger partial charge on any atom is -0.497 e. The Morgan fingerprint density at radius 3 is 2.41 bits per heavy atom. The first-order valence-corrected chi connectivity index (χ1v) is 7.45. The van der Waals surface area contributed by atoms with Gasteiger partial charge in [0.05, 0.1) is 13.2 Å². The second-order valence-corrected chi connectivity index (χ2v) is 5.60. The Bertz CT molecular complexity index is 488. The number of amides is 1. The normalized spacial score (nSPS) is 18.3. The van der Waals surface area contributed by atoms with Gasteiger partial charge < -0.3 is 15.4 Å². The highest BCUT2D eigenvalue weighted by Crippen LogP contribution is 2.24. The molecule has 0 aliphatic carbocycles. The molecule has 2 N–H and O–H groups in total. The maximum absolute atomic E-state index is 11.9. The van der Waals surface area contributed by atoms with Gasteiger partial charge in [-0.25, -0.2) is 0 Å². The first-order valence-electron chi connectivity index (χ1n) is 7.45. The summed E-state index contributed by atoms with van der Waals surface area (Å²) >= 11 is 0. The summed E-state index contributed by atoms with van der Waals surface area (Å²) < 4.78 is 5.28. The maximum Gasteiger partial charge on any atom is 0.239 e. The molecule has 0 aromatic heterocycles. The molecule has 6 heteroatoms. The SMILES string of the molecule is COc1cccc(C(C)N2CCN(C(=O)C(C)N)CC2)c1.Cl. The van der Waals surface area contributed by atoms with Crippen LogP contribution in [0, 0.1) is 0 Å². The minimum absolute atomic E-state index is 0. The van der Waals surface area contributed by atoms with E-state index >= 15 is 0 Å². The highest BCUT2D eigenvalue weighted by molar-refractivity contribution is 5.85. The largest absolute Gasteiger partial charge is 0.497 e. The molecule has 124 valence electrons. The van der Waals surface area contributed by atoms with Gasteiger partial charge in [-0.2, -0.15) is 0 Å². The van der Waals surface area contributed by atoms with Gasteiger partial charge in [0, 0.05) is 32.2 Å². The summed E-state index contributed by atoms with van der Waals surface area (Å²) in [6.45, 7) is 7.17. The first kappa shape index (κ1) is 18.7. The number of ether oxygens (including phenoxy) is 1. The Hall–Kier alpha value is -1.30. The summed E-state index contributed by atoms with van der Waals surface area (Å²) in [5.41, 5.74) is 6.90. The number of piperazine rings is 1. The van der Waals surface area contributed by atoms with Crippen molar-refractivity contribution in [1.29, 1.82) is 0 Å². The topological polar surface area (TPSA) is 58.8 Å². The summed E-state index contributed by atoms with van der Waals surface area (Å²) in [5, 5.41) is 0. The van der Waals surface area contributed by atoms with Crippen LogP contribution in [0.2, 0.25) is 0 Å². The number of hydrogen-bond donors (Lipinski definition) is 1. The van der Waals surface area contributed by atoms with Gasteiger partial charge in [-0.3, -0.25) is 9.69 Å².